The van der Waals surface area contributed by atoms with E-state index < -0.39 is 6.61 Å². The van der Waals surface area contributed by atoms with E-state index in [1.54, 1.807) is 24.3 Å². The highest BCUT2D eigenvalue weighted by Crippen LogP contribution is 2.26. The fourth-order valence-electron chi connectivity index (χ4n) is 2.58. The third kappa shape index (κ3) is 3.02. The minimum Gasteiger partial charge on any atom is -0.435 e. The molecule has 4 rings (SSSR count). The number of H-pyrrole nitrogens is 1. The average molecular weight is 355 g/mol. The van der Waals surface area contributed by atoms with E-state index >= 15 is 0 Å². The van der Waals surface area contributed by atoms with Gasteiger partial charge in [-0.1, -0.05) is 0 Å². The Morgan fingerprint density at radius 3 is 2.62 bits per heavy atom. The number of alkyl halides is 2. The van der Waals surface area contributed by atoms with Gasteiger partial charge in [0.25, 0.3) is 5.78 Å². The zero-order chi connectivity index (χ0) is 18.1. The second kappa shape index (κ2) is 6.36. The van der Waals surface area contributed by atoms with Gasteiger partial charge >= 0.3 is 6.61 Å². The van der Waals surface area contributed by atoms with Crippen molar-refractivity contribution >= 4 is 5.78 Å². The number of aromatic amines is 1. The molecule has 3 aromatic heterocycles. The number of halogens is 2. The number of fused-ring (bicyclic) bond motifs is 1. The molecule has 0 fully saturated rings. The number of ether oxygens (including phenoxy) is 1. The zero-order valence-electron chi connectivity index (χ0n) is 13.1. The Hall–Kier alpha value is -3.62. The fourth-order valence-corrected chi connectivity index (χ4v) is 2.58. The number of benzene rings is 1. The number of rotatable bonds is 4. The van der Waals surface area contributed by atoms with Crippen molar-refractivity contribution in [3.8, 4) is 28.3 Å². The van der Waals surface area contributed by atoms with Crippen molar-refractivity contribution in [1.29, 1.82) is 0 Å². The molecule has 0 aliphatic carbocycles. The van der Waals surface area contributed by atoms with Crippen LogP contribution in [0.25, 0.3) is 28.3 Å². The van der Waals surface area contributed by atoms with Crippen LogP contribution in [0.15, 0.2) is 59.8 Å². The van der Waals surface area contributed by atoms with E-state index in [0.717, 1.165) is 0 Å². The van der Waals surface area contributed by atoms with Crippen LogP contribution in [0.2, 0.25) is 0 Å². The van der Waals surface area contributed by atoms with Crippen molar-refractivity contribution < 1.29 is 13.5 Å². The maximum atomic E-state index is 12.3. The lowest BCUT2D eigenvalue weighted by Gasteiger charge is -2.09. The van der Waals surface area contributed by atoms with Crippen molar-refractivity contribution in [2.75, 3.05) is 0 Å². The predicted molar refractivity (Wildman–Crippen MR) is 88.9 cm³/mol. The zero-order valence-corrected chi connectivity index (χ0v) is 13.1. The van der Waals surface area contributed by atoms with Gasteiger partial charge in [-0.3, -0.25) is 4.79 Å². The highest BCUT2D eigenvalue weighted by atomic mass is 19.3. The fraction of sp³-hybridized carbons (Fsp3) is 0.0588. The van der Waals surface area contributed by atoms with Gasteiger partial charge in [-0.15, -0.1) is 0 Å². The molecular formula is C17H11F2N5O2. The van der Waals surface area contributed by atoms with E-state index in [1.165, 1.54) is 35.2 Å². The molecule has 0 unspecified atom stereocenters. The molecule has 0 aliphatic heterocycles. The molecule has 0 saturated carbocycles. The van der Waals surface area contributed by atoms with Gasteiger partial charge in [-0.25, -0.2) is 4.98 Å². The third-order valence-corrected chi connectivity index (χ3v) is 3.70. The van der Waals surface area contributed by atoms with Crippen LogP contribution in [-0.4, -0.2) is 31.2 Å². The second-order valence-electron chi connectivity index (χ2n) is 5.34. The van der Waals surface area contributed by atoms with E-state index in [9.17, 15) is 13.6 Å². The van der Waals surface area contributed by atoms with Crippen LogP contribution in [-0.2, 0) is 0 Å². The summed E-state index contributed by atoms with van der Waals surface area (Å²) in [5.41, 5.74) is 2.27. The summed E-state index contributed by atoms with van der Waals surface area (Å²) in [5.74, 6) is 0.410. The van der Waals surface area contributed by atoms with Gasteiger partial charge in [0.05, 0.1) is 11.4 Å². The van der Waals surface area contributed by atoms with Crippen molar-refractivity contribution in [3.05, 3.63) is 65.3 Å². The Balaban J connectivity index is 1.83. The predicted octanol–water partition coefficient (Wildman–Crippen LogP) is 2.75. The number of pyridine rings is 1. The van der Waals surface area contributed by atoms with Gasteiger partial charge < -0.3 is 9.72 Å². The molecule has 0 radical (unpaired) electrons. The lowest BCUT2D eigenvalue weighted by atomic mass is 10.1. The number of nitrogens with one attached hydrogen (secondary N) is 1. The Labute approximate surface area is 144 Å². The Morgan fingerprint density at radius 2 is 1.88 bits per heavy atom. The largest absolute Gasteiger partial charge is 0.435 e. The number of hydrogen-bond donors (Lipinski definition) is 1. The number of nitrogens with zero attached hydrogens (tertiary/aromatic N) is 4. The van der Waals surface area contributed by atoms with Crippen LogP contribution in [0, 0.1) is 0 Å². The summed E-state index contributed by atoms with van der Waals surface area (Å²) in [5, 5.41) is 4.13. The summed E-state index contributed by atoms with van der Waals surface area (Å²) in [6, 6.07) is 11.0. The van der Waals surface area contributed by atoms with Gasteiger partial charge in [0, 0.05) is 23.4 Å². The normalized spacial score (nSPS) is 11.2. The first-order valence-corrected chi connectivity index (χ1v) is 7.55. The first-order chi connectivity index (χ1) is 12.6. The SMILES string of the molecule is O=c1cc(-c2cc(-c3ccc(OC(F)F)cc3)nc3ncnn23)cc[nH]1. The van der Waals surface area contributed by atoms with Crippen LogP contribution >= 0.6 is 0 Å². The molecule has 7 nitrogen and oxygen atoms in total. The van der Waals surface area contributed by atoms with Crippen LogP contribution in [0.1, 0.15) is 0 Å². The molecule has 0 atom stereocenters. The lowest BCUT2D eigenvalue weighted by Crippen LogP contribution is -2.05. The molecule has 0 bridgehead atoms. The molecule has 0 saturated heterocycles. The van der Waals surface area contributed by atoms with Gasteiger partial charge in [-0.2, -0.15) is 23.4 Å². The van der Waals surface area contributed by atoms with Crippen molar-refractivity contribution in [2.45, 2.75) is 6.61 Å². The summed E-state index contributed by atoms with van der Waals surface area (Å²) in [6.07, 6.45) is 2.90. The topological polar surface area (TPSA) is 85.2 Å². The van der Waals surface area contributed by atoms with Crippen LogP contribution in [0.4, 0.5) is 8.78 Å². The van der Waals surface area contributed by atoms with Crippen molar-refractivity contribution in [2.24, 2.45) is 0 Å². The highest BCUT2D eigenvalue weighted by molar-refractivity contribution is 5.70. The highest BCUT2D eigenvalue weighted by Gasteiger charge is 2.12. The molecule has 26 heavy (non-hydrogen) atoms. The quantitative estimate of drug-likeness (QED) is 0.608. The summed E-state index contributed by atoms with van der Waals surface area (Å²) < 4.78 is 30.4. The molecule has 130 valence electrons. The van der Waals surface area contributed by atoms with E-state index in [-0.39, 0.29) is 11.3 Å². The molecule has 1 N–H and O–H groups in total. The van der Waals surface area contributed by atoms with E-state index in [2.05, 4.69) is 24.8 Å². The second-order valence-corrected chi connectivity index (χ2v) is 5.34. The Bertz CT molecular complexity index is 1120. The number of hydrogen-bond acceptors (Lipinski definition) is 5. The smallest absolute Gasteiger partial charge is 0.387 e. The summed E-state index contributed by atoms with van der Waals surface area (Å²) in [7, 11) is 0. The third-order valence-electron chi connectivity index (χ3n) is 3.70. The molecule has 4 aromatic rings. The first-order valence-electron chi connectivity index (χ1n) is 7.55. The van der Waals surface area contributed by atoms with Crippen LogP contribution in [0.5, 0.6) is 5.75 Å². The lowest BCUT2D eigenvalue weighted by molar-refractivity contribution is -0.0498. The Kier molecular flexibility index (Phi) is 3.88. The standard InChI is InChI=1S/C17H11F2N5O2/c18-16(19)26-12-3-1-10(2-4-12)13-8-14(11-5-6-20-15(25)7-11)24-17(23-13)21-9-22-24/h1-9,16H,(H,20,25). The van der Waals surface area contributed by atoms with Gasteiger partial charge in [0.2, 0.25) is 5.56 Å². The number of aromatic nitrogens is 5. The maximum Gasteiger partial charge on any atom is 0.387 e. The summed E-state index contributed by atoms with van der Waals surface area (Å²) >= 11 is 0. The van der Waals surface area contributed by atoms with Crippen LogP contribution in [0.3, 0.4) is 0 Å². The first kappa shape index (κ1) is 15.9. The molecule has 9 heteroatoms. The summed E-state index contributed by atoms with van der Waals surface area (Å²) in [6.45, 7) is -2.88. The molecule has 0 amide bonds. The summed E-state index contributed by atoms with van der Waals surface area (Å²) in [4.78, 5) is 22.7. The van der Waals surface area contributed by atoms with Crippen molar-refractivity contribution in [1.82, 2.24) is 24.6 Å². The van der Waals surface area contributed by atoms with E-state index in [1.807, 2.05) is 0 Å². The van der Waals surface area contributed by atoms with Gasteiger partial charge in [-0.05, 0) is 36.4 Å². The van der Waals surface area contributed by atoms with Gasteiger partial charge in [0.15, 0.2) is 0 Å². The average Bonchev–Trinajstić information content (AvgIpc) is 3.09. The van der Waals surface area contributed by atoms with Crippen molar-refractivity contribution in [3.63, 3.8) is 0 Å². The van der Waals surface area contributed by atoms with E-state index in [0.29, 0.717) is 28.3 Å². The molecule has 0 spiro atoms. The van der Waals surface area contributed by atoms with Crippen LogP contribution < -0.4 is 10.3 Å². The van der Waals surface area contributed by atoms with Gasteiger partial charge in [0.1, 0.15) is 12.1 Å². The van der Waals surface area contributed by atoms with E-state index in [4.69, 9.17) is 0 Å². The minimum atomic E-state index is -2.88. The molecule has 0 aliphatic rings. The Morgan fingerprint density at radius 1 is 1.08 bits per heavy atom. The maximum absolute atomic E-state index is 12.3. The monoisotopic (exact) mass is 355 g/mol. The molecule has 3 heterocycles. The molecule has 1 aromatic carbocycles. The molecular weight excluding hydrogens is 344 g/mol. The minimum absolute atomic E-state index is 0.0575.